The molecule has 1 aromatic heterocycles. The Morgan fingerprint density at radius 1 is 1.15 bits per heavy atom. The van der Waals surface area contributed by atoms with E-state index in [-0.39, 0.29) is 18.4 Å². The number of thiophene rings is 1. The second kappa shape index (κ2) is 8.68. The van der Waals surface area contributed by atoms with Crippen molar-refractivity contribution in [3.05, 3.63) is 46.2 Å². The van der Waals surface area contributed by atoms with Crippen LogP contribution in [0.25, 0.3) is 0 Å². The van der Waals surface area contributed by atoms with E-state index in [1.165, 1.54) is 18.4 Å². The van der Waals surface area contributed by atoms with Gasteiger partial charge < -0.3 is 19.3 Å². The summed E-state index contributed by atoms with van der Waals surface area (Å²) in [5.41, 5.74) is 0.327. The predicted octanol–water partition coefficient (Wildman–Crippen LogP) is 1.93. The Hall–Kier alpha value is -2.87. The van der Waals surface area contributed by atoms with E-state index in [9.17, 15) is 14.4 Å². The van der Waals surface area contributed by atoms with Gasteiger partial charge in [0.25, 0.3) is 11.8 Å². The molecule has 0 saturated carbocycles. The fourth-order valence-electron chi connectivity index (χ4n) is 2.82. The van der Waals surface area contributed by atoms with Crippen LogP contribution in [0.3, 0.4) is 0 Å². The Bertz CT molecular complexity index is 814. The van der Waals surface area contributed by atoms with Gasteiger partial charge in [-0.25, -0.2) is 0 Å². The van der Waals surface area contributed by atoms with Gasteiger partial charge in [-0.15, -0.1) is 11.3 Å². The highest BCUT2D eigenvalue weighted by Gasteiger charge is 2.25. The summed E-state index contributed by atoms with van der Waals surface area (Å²) in [5, 5.41) is 1.87. The molecule has 1 aliphatic heterocycles. The molecule has 0 unspecified atom stereocenters. The molecule has 0 spiro atoms. The van der Waals surface area contributed by atoms with Gasteiger partial charge in [0.1, 0.15) is 11.5 Å². The fraction of sp³-hybridized carbons (Fsp3) is 0.316. The number of carbonyl (C=O) groups is 3. The first kappa shape index (κ1) is 18.9. The highest BCUT2D eigenvalue weighted by Crippen LogP contribution is 2.22. The van der Waals surface area contributed by atoms with E-state index in [1.807, 2.05) is 11.4 Å². The molecule has 2 aromatic rings. The molecule has 1 aromatic carbocycles. The molecule has 1 aliphatic rings. The van der Waals surface area contributed by atoms with Crippen molar-refractivity contribution in [3.63, 3.8) is 0 Å². The molecular weight excluding hydrogens is 368 g/mol. The zero-order chi connectivity index (χ0) is 19.2. The van der Waals surface area contributed by atoms with E-state index < -0.39 is 0 Å². The Morgan fingerprint density at radius 3 is 2.52 bits per heavy atom. The highest BCUT2D eigenvalue weighted by atomic mass is 32.1. The lowest BCUT2D eigenvalue weighted by molar-refractivity contribution is -0.134. The van der Waals surface area contributed by atoms with Crippen LogP contribution in [-0.4, -0.2) is 67.8 Å². The molecule has 2 heterocycles. The average molecular weight is 388 g/mol. The van der Waals surface area contributed by atoms with Crippen molar-refractivity contribution < 1.29 is 23.9 Å². The van der Waals surface area contributed by atoms with Gasteiger partial charge in [0.05, 0.1) is 17.6 Å². The number of rotatable bonds is 6. The topological polar surface area (TPSA) is 76.2 Å². The standard InChI is InChI=1S/C19H20N2O5S/c1-25-15-4-5-16(14(11-15)12-22)26-13-18(23)20-6-8-21(9-7-20)19(24)17-3-2-10-27-17/h2-5,10-12H,6-9,13H2,1H3. The second-order valence-corrected chi connectivity index (χ2v) is 6.91. The van der Waals surface area contributed by atoms with Crippen LogP contribution in [-0.2, 0) is 4.79 Å². The number of piperazine rings is 1. The summed E-state index contributed by atoms with van der Waals surface area (Å²) in [7, 11) is 1.51. The van der Waals surface area contributed by atoms with Crippen molar-refractivity contribution in [3.8, 4) is 11.5 Å². The Balaban J connectivity index is 1.51. The minimum atomic E-state index is -0.175. The maximum atomic E-state index is 12.4. The minimum Gasteiger partial charge on any atom is -0.497 e. The van der Waals surface area contributed by atoms with Crippen LogP contribution < -0.4 is 9.47 Å². The van der Waals surface area contributed by atoms with Crippen LogP contribution in [0.1, 0.15) is 20.0 Å². The lowest BCUT2D eigenvalue weighted by atomic mass is 10.2. The summed E-state index contributed by atoms with van der Waals surface area (Å²) in [4.78, 5) is 40.0. The van der Waals surface area contributed by atoms with E-state index >= 15 is 0 Å². The molecule has 8 heteroatoms. The zero-order valence-corrected chi connectivity index (χ0v) is 15.7. The molecule has 0 bridgehead atoms. The van der Waals surface area contributed by atoms with Crippen LogP contribution in [0, 0.1) is 0 Å². The molecule has 1 fully saturated rings. The maximum absolute atomic E-state index is 12.4. The lowest BCUT2D eigenvalue weighted by Gasteiger charge is -2.34. The molecule has 2 amide bonds. The molecule has 1 saturated heterocycles. The van der Waals surface area contributed by atoms with Gasteiger partial charge in [0.15, 0.2) is 12.9 Å². The summed E-state index contributed by atoms with van der Waals surface area (Å²) in [5.74, 6) is 0.709. The van der Waals surface area contributed by atoms with Crippen LogP contribution in [0.5, 0.6) is 11.5 Å². The number of ether oxygens (including phenoxy) is 2. The first-order chi connectivity index (χ1) is 13.1. The molecule has 0 N–H and O–H groups in total. The van der Waals surface area contributed by atoms with E-state index in [2.05, 4.69) is 0 Å². The molecule has 7 nitrogen and oxygen atoms in total. The first-order valence-corrected chi connectivity index (χ1v) is 9.37. The van der Waals surface area contributed by atoms with Gasteiger partial charge in [0.2, 0.25) is 0 Å². The SMILES string of the molecule is COc1ccc(OCC(=O)N2CCN(C(=O)c3cccs3)CC2)c(C=O)c1. The minimum absolute atomic E-state index is 0.00204. The molecular formula is C19H20N2O5S. The summed E-state index contributed by atoms with van der Waals surface area (Å²) in [6, 6.07) is 8.48. The van der Waals surface area contributed by atoms with Gasteiger partial charge in [-0.2, -0.15) is 0 Å². The van der Waals surface area contributed by atoms with Crippen molar-refractivity contribution >= 4 is 29.4 Å². The first-order valence-electron chi connectivity index (χ1n) is 8.49. The maximum Gasteiger partial charge on any atom is 0.264 e. The molecule has 0 atom stereocenters. The van der Waals surface area contributed by atoms with E-state index in [0.717, 1.165) is 0 Å². The van der Waals surface area contributed by atoms with Gasteiger partial charge in [-0.1, -0.05) is 6.07 Å². The summed E-state index contributed by atoms with van der Waals surface area (Å²) in [6.45, 7) is 1.74. The van der Waals surface area contributed by atoms with Crippen molar-refractivity contribution in [1.82, 2.24) is 9.80 Å². The lowest BCUT2D eigenvalue weighted by Crippen LogP contribution is -2.51. The summed E-state index contributed by atoms with van der Waals surface area (Å²) in [6.07, 6.45) is 0.664. The molecule has 0 aliphatic carbocycles. The van der Waals surface area contributed by atoms with Crippen LogP contribution in [0.15, 0.2) is 35.7 Å². The van der Waals surface area contributed by atoms with Crippen LogP contribution in [0.2, 0.25) is 0 Å². The second-order valence-electron chi connectivity index (χ2n) is 5.96. The third kappa shape index (κ3) is 4.46. The van der Waals surface area contributed by atoms with Gasteiger partial charge in [0, 0.05) is 26.2 Å². The normalized spacial score (nSPS) is 14.0. The number of hydrogen-bond acceptors (Lipinski definition) is 6. The zero-order valence-electron chi connectivity index (χ0n) is 14.9. The number of nitrogens with zero attached hydrogens (tertiary/aromatic N) is 2. The Morgan fingerprint density at radius 2 is 1.89 bits per heavy atom. The average Bonchev–Trinajstić information content (AvgIpc) is 3.26. The molecule has 0 radical (unpaired) electrons. The van der Waals surface area contributed by atoms with Crippen molar-refractivity contribution in [2.75, 3.05) is 39.9 Å². The van der Waals surface area contributed by atoms with Gasteiger partial charge in [-0.05, 0) is 29.6 Å². The highest BCUT2D eigenvalue weighted by molar-refractivity contribution is 7.12. The number of hydrogen-bond donors (Lipinski definition) is 0. The molecule has 27 heavy (non-hydrogen) atoms. The summed E-state index contributed by atoms with van der Waals surface area (Å²) >= 11 is 1.41. The quantitative estimate of drug-likeness (QED) is 0.707. The smallest absolute Gasteiger partial charge is 0.264 e. The molecule has 3 rings (SSSR count). The van der Waals surface area contributed by atoms with Gasteiger partial charge in [-0.3, -0.25) is 14.4 Å². The number of carbonyl (C=O) groups excluding carboxylic acids is 3. The number of aldehydes is 1. The Labute approximate surface area is 161 Å². The third-order valence-electron chi connectivity index (χ3n) is 4.35. The van der Waals surface area contributed by atoms with E-state index in [0.29, 0.717) is 54.4 Å². The van der Waals surface area contributed by atoms with Crippen molar-refractivity contribution in [2.45, 2.75) is 0 Å². The van der Waals surface area contributed by atoms with Gasteiger partial charge >= 0.3 is 0 Å². The predicted molar refractivity (Wildman–Crippen MR) is 101 cm³/mol. The van der Waals surface area contributed by atoms with E-state index in [1.54, 1.807) is 34.1 Å². The monoisotopic (exact) mass is 388 g/mol. The third-order valence-corrected chi connectivity index (χ3v) is 5.20. The number of methoxy groups -OCH3 is 1. The van der Waals surface area contributed by atoms with Crippen LogP contribution in [0.4, 0.5) is 0 Å². The van der Waals surface area contributed by atoms with Crippen LogP contribution >= 0.6 is 11.3 Å². The van der Waals surface area contributed by atoms with E-state index in [4.69, 9.17) is 9.47 Å². The fourth-order valence-corrected chi connectivity index (χ4v) is 3.51. The number of benzene rings is 1. The van der Waals surface area contributed by atoms with Crippen molar-refractivity contribution in [2.24, 2.45) is 0 Å². The Kier molecular flexibility index (Phi) is 6.08. The van der Waals surface area contributed by atoms with Crippen molar-refractivity contribution in [1.29, 1.82) is 0 Å². The largest absolute Gasteiger partial charge is 0.497 e. The molecule has 142 valence electrons. The number of amides is 2. The summed E-state index contributed by atoms with van der Waals surface area (Å²) < 4.78 is 10.6.